The third-order valence-corrected chi connectivity index (χ3v) is 7.50. The van der Waals surface area contributed by atoms with E-state index >= 15 is 0 Å². The summed E-state index contributed by atoms with van der Waals surface area (Å²) >= 11 is 6.39. The number of benzene rings is 2. The van der Waals surface area contributed by atoms with Crippen molar-refractivity contribution < 1.29 is 36.6 Å². The number of halogens is 5. The van der Waals surface area contributed by atoms with Crippen LogP contribution in [0.25, 0.3) is 0 Å². The number of nitrogens with zero attached hydrogens (tertiary/aromatic N) is 4. The molecular weight excluding hydrogens is 596 g/mol. The van der Waals surface area contributed by atoms with E-state index in [1.165, 1.54) is 30.2 Å². The summed E-state index contributed by atoms with van der Waals surface area (Å²) in [6.45, 7) is 1.09. The smallest absolute Gasteiger partial charge is 0.423 e. The quantitative estimate of drug-likeness (QED) is 0.353. The number of carbonyl (C=O) groups excluding carboxylic acids is 2. The van der Waals surface area contributed by atoms with Gasteiger partial charge in [0.25, 0.3) is 11.8 Å². The Labute approximate surface area is 248 Å². The summed E-state index contributed by atoms with van der Waals surface area (Å²) in [6, 6.07) is 6.58. The molecule has 3 aromatic rings. The van der Waals surface area contributed by atoms with Crippen molar-refractivity contribution in [2.75, 3.05) is 39.6 Å². The van der Waals surface area contributed by atoms with Gasteiger partial charge in [0.15, 0.2) is 0 Å². The van der Waals surface area contributed by atoms with Crippen LogP contribution in [0, 0.1) is 0 Å². The van der Waals surface area contributed by atoms with Crippen LogP contribution in [-0.2, 0) is 12.7 Å². The largest absolute Gasteiger partial charge is 0.495 e. The highest BCUT2D eigenvalue weighted by Crippen LogP contribution is 2.40. The minimum atomic E-state index is -4.87. The number of nitrogens with one attached hydrogen (secondary N) is 2. The van der Waals surface area contributed by atoms with Gasteiger partial charge < -0.3 is 29.9 Å². The molecule has 43 heavy (non-hydrogen) atoms. The van der Waals surface area contributed by atoms with Crippen molar-refractivity contribution in [3.05, 3.63) is 63.8 Å². The Morgan fingerprint density at radius 2 is 1.95 bits per heavy atom. The second-order valence-corrected chi connectivity index (χ2v) is 10.7. The van der Waals surface area contributed by atoms with E-state index in [2.05, 4.69) is 20.6 Å². The van der Waals surface area contributed by atoms with Gasteiger partial charge in [0, 0.05) is 32.9 Å². The van der Waals surface area contributed by atoms with E-state index in [1.54, 1.807) is 26.2 Å². The molecule has 5 rings (SSSR count). The third kappa shape index (κ3) is 6.30. The number of alkyl halides is 4. The van der Waals surface area contributed by atoms with Gasteiger partial charge in [-0.05, 0) is 37.2 Å². The van der Waals surface area contributed by atoms with E-state index in [9.17, 15) is 27.2 Å². The Bertz CT molecular complexity index is 1570. The number of likely N-dealkylation sites (tertiary alicyclic amines) is 1. The summed E-state index contributed by atoms with van der Waals surface area (Å²) in [5.41, 5.74) is -0.360. The van der Waals surface area contributed by atoms with Crippen LogP contribution in [0.1, 0.15) is 38.3 Å². The lowest BCUT2D eigenvalue weighted by molar-refractivity contribution is -0.139. The van der Waals surface area contributed by atoms with Crippen molar-refractivity contribution in [2.24, 2.45) is 0 Å². The van der Waals surface area contributed by atoms with Crippen LogP contribution in [0.4, 0.5) is 29.2 Å². The highest BCUT2D eigenvalue weighted by atomic mass is 35.5. The van der Waals surface area contributed by atoms with Gasteiger partial charge in [-0.3, -0.25) is 9.59 Å². The monoisotopic (exact) mass is 622 g/mol. The average molecular weight is 623 g/mol. The second-order valence-electron chi connectivity index (χ2n) is 10.3. The van der Waals surface area contributed by atoms with Crippen LogP contribution >= 0.6 is 11.6 Å². The average Bonchev–Trinajstić information content (AvgIpc) is 3.23. The fourth-order valence-corrected chi connectivity index (χ4v) is 5.19. The minimum Gasteiger partial charge on any atom is -0.495 e. The lowest BCUT2D eigenvalue weighted by atomic mass is 10.0. The van der Waals surface area contributed by atoms with Crippen molar-refractivity contribution in [1.29, 1.82) is 0 Å². The Balaban J connectivity index is 1.42. The third-order valence-electron chi connectivity index (χ3n) is 7.19. The van der Waals surface area contributed by atoms with Gasteiger partial charge in [0.1, 0.15) is 23.2 Å². The van der Waals surface area contributed by atoms with E-state index < -0.39 is 41.6 Å². The van der Waals surface area contributed by atoms with Crippen molar-refractivity contribution in [3.8, 4) is 17.4 Å². The van der Waals surface area contributed by atoms with Crippen LogP contribution < -0.4 is 20.1 Å². The molecule has 2 amide bonds. The van der Waals surface area contributed by atoms with Crippen molar-refractivity contribution in [3.63, 3.8) is 0 Å². The zero-order valence-electron chi connectivity index (χ0n) is 23.3. The molecule has 15 heteroatoms. The number of rotatable bonds is 7. The van der Waals surface area contributed by atoms with Gasteiger partial charge in [-0.1, -0.05) is 23.7 Å². The van der Waals surface area contributed by atoms with Crippen LogP contribution in [0.15, 0.2) is 36.5 Å². The van der Waals surface area contributed by atoms with E-state index in [0.717, 1.165) is 0 Å². The molecule has 2 aromatic carbocycles. The molecule has 3 heterocycles. The van der Waals surface area contributed by atoms with Gasteiger partial charge in [-0.2, -0.15) is 18.2 Å². The Morgan fingerprint density at radius 1 is 1.19 bits per heavy atom. The summed E-state index contributed by atoms with van der Waals surface area (Å²) in [7, 11) is 4.68. The molecular formula is C28H27ClF4N6O4. The SMILES string of the molecule is COc1cc(C(=O)N[C@H]2CCN(C)C[C@H]2F)c(Cl)cc1Nc1ncc(C(F)(F)F)c(Oc2cccc3c2C(=O)N(C)C3)n1. The van der Waals surface area contributed by atoms with Gasteiger partial charge >= 0.3 is 6.18 Å². The molecule has 1 fully saturated rings. The summed E-state index contributed by atoms with van der Waals surface area (Å²) in [5.74, 6) is -2.14. The lowest BCUT2D eigenvalue weighted by Crippen LogP contribution is -2.51. The number of carbonyl (C=O) groups is 2. The van der Waals surface area contributed by atoms with Crippen molar-refractivity contribution in [1.82, 2.24) is 25.1 Å². The summed E-state index contributed by atoms with van der Waals surface area (Å²) in [5, 5.41) is 5.38. The molecule has 0 radical (unpaired) electrons. The predicted molar refractivity (Wildman–Crippen MR) is 149 cm³/mol. The van der Waals surface area contributed by atoms with Crippen LogP contribution in [-0.4, -0.2) is 78.1 Å². The Hall–Kier alpha value is -4.17. The number of hydrogen-bond donors (Lipinski definition) is 2. The molecule has 10 nitrogen and oxygen atoms in total. The van der Waals surface area contributed by atoms with Crippen LogP contribution in [0.2, 0.25) is 5.02 Å². The number of fused-ring (bicyclic) bond motifs is 1. The van der Waals surface area contributed by atoms with Gasteiger partial charge in [0.05, 0.1) is 35.0 Å². The number of hydrogen-bond acceptors (Lipinski definition) is 8. The summed E-state index contributed by atoms with van der Waals surface area (Å²) in [4.78, 5) is 36.5. The predicted octanol–water partition coefficient (Wildman–Crippen LogP) is 5.05. The molecule has 0 bridgehead atoms. The van der Waals surface area contributed by atoms with Gasteiger partial charge in [0.2, 0.25) is 11.8 Å². The molecule has 2 N–H and O–H groups in total. The first-order chi connectivity index (χ1) is 20.3. The summed E-state index contributed by atoms with van der Waals surface area (Å²) < 4.78 is 67.0. The van der Waals surface area contributed by atoms with E-state index in [1.807, 2.05) is 4.90 Å². The Morgan fingerprint density at radius 3 is 2.65 bits per heavy atom. The lowest BCUT2D eigenvalue weighted by Gasteiger charge is -2.32. The summed E-state index contributed by atoms with van der Waals surface area (Å²) in [6.07, 6.45) is -5.15. The van der Waals surface area contributed by atoms with E-state index in [-0.39, 0.29) is 52.4 Å². The molecule has 1 aromatic heterocycles. The van der Waals surface area contributed by atoms with Crippen LogP contribution in [0.3, 0.4) is 0 Å². The number of methoxy groups -OCH3 is 1. The molecule has 2 aliphatic heterocycles. The first-order valence-corrected chi connectivity index (χ1v) is 13.5. The highest BCUT2D eigenvalue weighted by Gasteiger charge is 2.38. The number of anilines is 2. The van der Waals surface area contributed by atoms with Crippen LogP contribution in [0.5, 0.6) is 17.4 Å². The standard InChI is InChI=1S/C28H27ClF4N6O4/c1-38-8-7-19(18(30)13-38)35-24(40)15-9-22(42-3)20(10-17(15)29)36-27-34-11-16(28(31,32)33)25(37-27)43-21-6-4-5-14-12-39(2)26(41)23(14)21/h4-6,9-11,18-19H,7-8,12-13H2,1-3H3,(H,35,40)(H,34,36,37)/t18-,19+/m1/s1. The molecule has 0 aliphatic carbocycles. The van der Waals surface area contributed by atoms with E-state index in [0.29, 0.717) is 24.7 Å². The van der Waals surface area contributed by atoms with Crippen molar-refractivity contribution >= 4 is 35.1 Å². The number of piperidine rings is 1. The molecule has 0 spiro atoms. The first kappa shape index (κ1) is 30.3. The van der Waals surface area contributed by atoms with Gasteiger partial charge in [-0.15, -0.1) is 0 Å². The maximum atomic E-state index is 14.5. The molecule has 1 saturated heterocycles. The number of ether oxygens (including phenoxy) is 2. The number of amides is 2. The zero-order chi connectivity index (χ0) is 31.1. The van der Waals surface area contributed by atoms with E-state index in [4.69, 9.17) is 21.1 Å². The molecule has 2 atom stereocenters. The molecule has 0 unspecified atom stereocenters. The maximum absolute atomic E-state index is 14.5. The Kier molecular flexibility index (Phi) is 8.34. The second kappa shape index (κ2) is 11.8. The zero-order valence-corrected chi connectivity index (χ0v) is 24.0. The maximum Gasteiger partial charge on any atom is 0.423 e. The topological polar surface area (TPSA) is 109 Å². The van der Waals surface area contributed by atoms with Crippen molar-refractivity contribution in [2.45, 2.75) is 31.4 Å². The van der Waals surface area contributed by atoms with Gasteiger partial charge in [-0.25, -0.2) is 9.37 Å². The number of aromatic nitrogens is 2. The molecule has 2 aliphatic rings. The fraction of sp³-hybridized carbons (Fsp3) is 0.357. The normalized spacial score (nSPS) is 18.8. The first-order valence-electron chi connectivity index (χ1n) is 13.1. The molecule has 0 saturated carbocycles. The fourth-order valence-electron chi connectivity index (χ4n) is 4.94. The molecule has 228 valence electrons. The highest BCUT2D eigenvalue weighted by molar-refractivity contribution is 6.34. The minimum absolute atomic E-state index is 0.0140.